The van der Waals surface area contributed by atoms with Gasteiger partial charge in [0.15, 0.2) is 0 Å². The molecule has 4 heteroatoms. The molecule has 110 valence electrons. The van der Waals surface area contributed by atoms with Gasteiger partial charge in [0.05, 0.1) is 0 Å². The van der Waals surface area contributed by atoms with Crippen molar-refractivity contribution in [2.45, 2.75) is 32.8 Å². The fourth-order valence-electron chi connectivity index (χ4n) is 2.13. The molecule has 2 aromatic carbocycles. The zero-order chi connectivity index (χ0) is 15.5. The molecule has 0 bridgehead atoms. The number of ether oxygens (including phenoxy) is 1. The summed E-state index contributed by atoms with van der Waals surface area (Å²) in [6.45, 7) is 6.81. The van der Waals surface area contributed by atoms with Gasteiger partial charge in [-0.25, -0.2) is 0 Å². The SMILES string of the molecule is CC(C)(C)c1ccc(OCc2ccccc2B(O)O)cc1. The Kier molecular flexibility index (Phi) is 4.71. The van der Waals surface area contributed by atoms with E-state index in [0.717, 1.165) is 11.3 Å². The normalized spacial score (nSPS) is 11.3. The second-order valence-corrected chi connectivity index (χ2v) is 6.14. The van der Waals surface area contributed by atoms with E-state index in [4.69, 9.17) is 4.74 Å². The molecule has 0 saturated heterocycles. The van der Waals surface area contributed by atoms with Crippen LogP contribution in [0.2, 0.25) is 0 Å². The minimum Gasteiger partial charge on any atom is -0.489 e. The second kappa shape index (κ2) is 6.33. The molecule has 0 aromatic heterocycles. The third-order valence-corrected chi connectivity index (χ3v) is 3.45. The highest BCUT2D eigenvalue weighted by atomic mass is 16.5. The minimum absolute atomic E-state index is 0.117. The van der Waals surface area contributed by atoms with Crippen LogP contribution in [0.4, 0.5) is 0 Å². The first-order valence-corrected chi connectivity index (χ1v) is 7.05. The quantitative estimate of drug-likeness (QED) is 0.847. The number of rotatable bonds is 4. The maximum Gasteiger partial charge on any atom is 0.488 e. The number of hydrogen-bond acceptors (Lipinski definition) is 3. The van der Waals surface area contributed by atoms with Gasteiger partial charge in [0.25, 0.3) is 0 Å². The van der Waals surface area contributed by atoms with E-state index < -0.39 is 7.12 Å². The molecule has 2 rings (SSSR count). The molecule has 0 aliphatic heterocycles. The maximum absolute atomic E-state index is 9.33. The molecular weight excluding hydrogens is 263 g/mol. The fourth-order valence-corrected chi connectivity index (χ4v) is 2.13. The summed E-state index contributed by atoms with van der Waals surface area (Å²) in [7, 11) is -1.48. The van der Waals surface area contributed by atoms with E-state index in [1.54, 1.807) is 12.1 Å². The fraction of sp³-hybridized carbons (Fsp3) is 0.294. The molecule has 0 radical (unpaired) electrons. The minimum atomic E-state index is -1.48. The standard InChI is InChI=1S/C17H21BO3/c1-17(2,3)14-8-10-15(11-9-14)21-12-13-6-4-5-7-16(13)18(19)20/h4-11,19-20H,12H2,1-3H3. The van der Waals surface area contributed by atoms with Gasteiger partial charge in [-0.1, -0.05) is 57.2 Å². The van der Waals surface area contributed by atoms with Crippen molar-refractivity contribution in [3.8, 4) is 5.75 Å². The molecule has 0 aliphatic rings. The Morgan fingerprint density at radius 2 is 1.57 bits per heavy atom. The Labute approximate surface area is 126 Å². The smallest absolute Gasteiger partial charge is 0.488 e. The molecule has 0 heterocycles. The molecule has 0 fully saturated rings. The van der Waals surface area contributed by atoms with Crippen molar-refractivity contribution in [2.75, 3.05) is 0 Å². The van der Waals surface area contributed by atoms with Crippen LogP contribution in [0.1, 0.15) is 31.9 Å². The third kappa shape index (κ3) is 4.10. The number of benzene rings is 2. The lowest BCUT2D eigenvalue weighted by molar-refractivity contribution is 0.306. The molecule has 0 spiro atoms. The van der Waals surface area contributed by atoms with Crippen molar-refractivity contribution in [2.24, 2.45) is 0 Å². The summed E-state index contributed by atoms with van der Waals surface area (Å²) >= 11 is 0. The molecule has 2 N–H and O–H groups in total. The van der Waals surface area contributed by atoms with Crippen molar-refractivity contribution < 1.29 is 14.8 Å². The van der Waals surface area contributed by atoms with Gasteiger partial charge >= 0.3 is 7.12 Å². The van der Waals surface area contributed by atoms with Crippen molar-refractivity contribution in [3.63, 3.8) is 0 Å². The average Bonchev–Trinajstić information content (AvgIpc) is 2.45. The summed E-state index contributed by atoms with van der Waals surface area (Å²) in [5.41, 5.74) is 2.61. The van der Waals surface area contributed by atoms with Crippen molar-refractivity contribution in [1.82, 2.24) is 0 Å². The van der Waals surface area contributed by atoms with E-state index in [0.29, 0.717) is 12.1 Å². The van der Waals surface area contributed by atoms with Crippen LogP contribution in [-0.2, 0) is 12.0 Å². The molecule has 21 heavy (non-hydrogen) atoms. The van der Waals surface area contributed by atoms with Crippen molar-refractivity contribution in [1.29, 1.82) is 0 Å². The summed E-state index contributed by atoms with van der Waals surface area (Å²) in [5, 5.41) is 18.7. The van der Waals surface area contributed by atoms with Crippen LogP contribution in [0.3, 0.4) is 0 Å². The second-order valence-electron chi connectivity index (χ2n) is 6.14. The zero-order valence-electron chi connectivity index (χ0n) is 12.7. The van der Waals surface area contributed by atoms with Crippen LogP contribution in [0, 0.1) is 0 Å². The average molecular weight is 284 g/mol. The topological polar surface area (TPSA) is 49.7 Å². The maximum atomic E-state index is 9.33. The van der Waals surface area contributed by atoms with Gasteiger partial charge in [-0.05, 0) is 34.1 Å². The summed E-state index contributed by atoms with van der Waals surface area (Å²) in [6.07, 6.45) is 0. The van der Waals surface area contributed by atoms with Gasteiger partial charge in [-0.2, -0.15) is 0 Å². The first-order chi connectivity index (χ1) is 9.88. The molecule has 0 saturated carbocycles. The van der Waals surface area contributed by atoms with Crippen LogP contribution < -0.4 is 10.2 Å². The molecule has 0 aliphatic carbocycles. The van der Waals surface area contributed by atoms with E-state index in [-0.39, 0.29) is 5.41 Å². The lowest BCUT2D eigenvalue weighted by atomic mass is 9.77. The van der Waals surface area contributed by atoms with E-state index in [2.05, 4.69) is 32.9 Å². The largest absolute Gasteiger partial charge is 0.489 e. The van der Waals surface area contributed by atoms with Crippen LogP contribution in [0.5, 0.6) is 5.75 Å². The van der Waals surface area contributed by atoms with Crippen LogP contribution in [-0.4, -0.2) is 17.2 Å². The highest BCUT2D eigenvalue weighted by Crippen LogP contribution is 2.24. The Balaban J connectivity index is 2.07. The van der Waals surface area contributed by atoms with Gasteiger partial charge < -0.3 is 14.8 Å². The predicted octanol–water partition coefficient (Wildman–Crippen LogP) is 2.24. The van der Waals surface area contributed by atoms with Gasteiger partial charge in [0, 0.05) is 0 Å². The zero-order valence-corrected chi connectivity index (χ0v) is 12.7. The molecule has 0 unspecified atom stereocenters. The Hall–Kier alpha value is -1.78. The molecule has 3 nitrogen and oxygen atoms in total. The highest BCUT2D eigenvalue weighted by molar-refractivity contribution is 6.59. The summed E-state index contributed by atoms with van der Waals surface area (Å²) in [5.74, 6) is 0.769. The summed E-state index contributed by atoms with van der Waals surface area (Å²) in [6, 6.07) is 15.1. The highest BCUT2D eigenvalue weighted by Gasteiger charge is 2.16. The molecule has 2 aromatic rings. The van der Waals surface area contributed by atoms with Crippen LogP contribution in [0.25, 0.3) is 0 Å². The first-order valence-electron chi connectivity index (χ1n) is 7.05. The van der Waals surface area contributed by atoms with Gasteiger partial charge in [0.2, 0.25) is 0 Å². The van der Waals surface area contributed by atoms with E-state index in [9.17, 15) is 10.0 Å². The summed E-state index contributed by atoms with van der Waals surface area (Å²) in [4.78, 5) is 0. The van der Waals surface area contributed by atoms with E-state index >= 15 is 0 Å². The molecular formula is C17H21BO3. The monoisotopic (exact) mass is 284 g/mol. The van der Waals surface area contributed by atoms with Gasteiger partial charge in [0.1, 0.15) is 12.4 Å². The molecule has 0 amide bonds. The van der Waals surface area contributed by atoms with Crippen molar-refractivity contribution >= 4 is 12.6 Å². The molecule has 0 atom stereocenters. The van der Waals surface area contributed by atoms with Gasteiger partial charge in [-0.3, -0.25) is 0 Å². The van der Waals surface area contributed by atoms with E-state index in [1.807, 2.05) is 24.3 Å². The lowest BCUT2D eigenvalue weighted by Crippen LogP contribution is -2.33. The number of hydrogen-bond donors (Lipinski definition) is 2. The Bertz CT molecular complexity index is 586. The third-order valence-electron chi connectivity index (χ3n) is 3.45. The lowest BCUT2D eigenvalue weighted by Gasteiger charge is -2.19. The Morgan fingerprint density at radius 3 is 2.14 bits per heavy atom. The predicted molar refractivity (Wildman–Crippen MR) is 85.7 cm³/mol. The van der Waals surface area contributed by atoms with E-state index in [1.165, 1.54) is 5.56 Å². The van der Waals surface area contributed by atoms with Crippen molar-refractivity contribution in [3.05, 3.63) is 59.7 Å². The van der Waals surface area contributed by atoms with Gasteiger partial charge in [-0.15, -0.1) is 0 Å². The van der Waals surface area contributed by atoms with Crippen LogP contribution in [0.15, 0.2) is 48.5 Å². The summed E-state index contributed by atoms with van der Waals surface area (Å²) < 4.78 is 5.73. The van der Waals surface area contributed by atoms with Crippen LogP contribution >= 0.6 is 0 Å². The first kappa shape index (κ1) is 15.6. The Morgan fingerprint density at radius 1 is 0.952 bits per heavy atom.